The molecule has 1 atom stereocenters. The molecule has 0 aromatic carbocycles. The quantitative estimate of drug-likeness (QED) is 0.855. The second-order valence-electron chi connectivity index (χ2n) is 5.52. The standard InChI is InChI=1S/C14H20N2O4/c1-10-3-2-4-15(6-10)7-11-5-12(17)13(18)8-16(11)9-14(19)20/h5,8,10,18H,2-4,6-7,9H2,1H3,(H,19,20). The Bertz CT molecular complexity index is 553. The summed E-state index contributed by atoms with van der Waals surface area (Å²) in [5.74, 6) is -0.802. The number of carbonyl (C=O) groups is 1. The van der Waals surface area contributed by atoms with Crippen LogP contribution >= 0.6 is 0 Å². The summed E-state index contributed by atoms with van der Waals surface area (Å²) in [6.45, 7) is 4.36. The molecule has 1 aromatic rings. The molecular formula is C14H20N2O4. The highest BCUT2D eigenvalue weighted by atomic mass is 16.4. The number of rotatable bonds is 4. The van der Waals surface area contributed by atoms with Gasteiger partial charge in [-0.25, -0.2) is 0 Å². The van der Waals surface area contributed by atoms with Crippen molar-refractivity contribution in [1.29, 1.82) is 0 Å². The second-order valence-corrected chi connectivity index (χ2v) is 5.52. The van der Waals surface area contributed by atoms with Crippen LogP contribution in [-0.4, -0.2) is 38.7 Å². The lowest BCUT2D eigenvalue weighted by atomic mass is 10.0. The molecule has 0 spiro atoms. The fourth-order valence-electron chi connectivity index (χ4n) is 2.69. The summed E-state index contributed by atoms with van der Waals surface area (Å²) in [5.41, 5.74) is 0.163. The Balaban J connectivity index is 2.22. The van der Waals surface area contributed by atoms with Gasteiger partial charge in [-0.15, -0.1) is 0 Å². The molecule has 0 aliphatic carbocycles. The third kappa shape index (κ3) is 3.60. The highest BCUT2D eigenvalue weighted by Gasteiger charge is 2.18. The van der Waals surface area contributed by atoms with Crippen molar-refractivity contribution in [3.63, 3.8) is 0 Å². The minimum absolute atomic E-state index is 0.257. The van der Waals surface area contributed by atoms with Crippen LogP contribution in [0.1, 0.15) is 25.5 Å². The lowest BCUT2D eigenvalue weighted by Gasteiger charge is -2.31. The number of aromatic hydroxyl groups is 1. The summed E-state index contributed by atoms with van der Waals surface area (Å²) in [7, 11) is 0. The zero-order chi connectivity index (χ0) is 14.7. The Morgan fingerprint density at radius 1 is 1.50 bits per heavy atom. The molecule has 0 saturated carbocycles. The summed E-state index contributed by atoms with van der Waals surface area (Å²) in [5, 5.41) is 18.4. The number of likely N-dealkylation sites (tertiary alicyclic amines) is 1. The van der Waals surface area contributed by atoms with Crippen molar-refractivity contribution in [2.24, 2.45) is 5.92 Å². The van der Waals surface area contributed by atoms with Crippen molar-refractivity contribution in [2.75, 3.05) is 13.1 Å². The zero-order valence-corrected chi connectivity index (χ0v) is 11.6. The van der Waals surface area contributed by atoms with Crippen LogP contribution in [0.5, 0.6) is 5.75 Å². The Labute approximate surface area is 117 Å². The van der Waals surface area contributed by atoms with E-state index in [9.17, 15) is 14.7 Å². The molecule has 2 heterocycles. The molecule has 2 N–H and O–H groups in total. The first-order valence-corrected chi connectivity index (χ1v) is 6.82. The van der Waals surface area contributed by atoms with Crippen molar-refractivity contribution < 1.29 is 15.0 Å². The van der Waals surface area contributed by atoms with Crippen molar-refractivity contribution in [3.8, 4) is 5.75 Å². The number of hydrogen-bond acceptors (Lipinski definition) is 4. The van der Waals surface area contributed by atoms with Crippen LogP contribution < -0.4 is 5.43 Å². The number of carboxylic acids is 1. The predicted octanol–water partition coefficient (Wildman–Crippen LogP) is 0.870. The van der Waals surface area contributed by atoms with Gasteiger partial charge in [0.25, 0.3) is 0 Å². The zero-order valence-electron chi connectivity index (χ0n) is 11.6. The average Bonchev–Trinajstić information content (AvgIpc) is 2.35. The fourth-order valence-corrected chi connectivity index (χ4v) is 2.69. The predicted molar refractivity (Wildman–Crippen MR) is 73.7 cm³/mol. The van der Waals surface area contributed by atoms with Crippen molar-refractivity contribution >= 4 is 5.97 Å². The van der Waals surface area contributed by atoms with Crippen molar-refractivity contribution in [3.05, 3.63) is 28.2 Å². The molecule has 6 nitrogen and oxygen atoms in total. The van der Waals surface area contributed by atoms with Gasteiger partial charge in [0, 0.05) is 24.8 Å². The number of aromatic nitrogens is 1. The molecule has 6 heteroatoms. The number of carboxylic acid groups (broad SMARTS) is 1. The summed E-state index contributed by atoms with van der Waals surface area (Å²) in [6, 6.07) is 1.33. The van der Waals surface area contributed by atoms with Gasteiger partial charge in [0.15, 0.2) is 5.75 Å². The number of piperidine rings is 1. The fraction of sp³-hybridized carbons (Fsp3) is 0.571. The van der Waals surface area contributed by atoms with E-state index < -0.39 is 17.1 Å². The molecule has 1 unspecified atom stereocenters. The van der Waals surface area contributed by atoms with Crippen LogP contribution in [0.15, 0.2) is 17.1 Å². The number of pyridine rings is 1. The third-order valence-electron chi connectivity index (χ3n) is 3.63. The number of nitrogens with zero attached hydrogens (tertiary/aromatic N) is 2. The van der Waals surface area contributed by atoms with Crippen molar-refractivity contribution in [2.45, 2.75) is 32.9 Å². The molecule has 0 amide bonds. The molecule has 20 heavy (non-hydrogen) atoms. The molecule has 1 aromatic heterocycles. The molecule has 1 aliphatic heterocycles. The molecule has 1 aliphatic rings. The van der Waals surface area contributed by atoms with Crippen LogP contribution in [0.3, 0.4) is 0 Å². The Kier molecular flexibility index (Phi) is 4.44. The Morgan fingerprint density at radius 3 is 2.90 bits per heavy atom. The summed E-state index contributed by atoms with van der Waals surface area (Å²) in [4.78, 5) is 24.6. The molecular weight excluding hydrogens is 260 g/mol. The van der Waals surface area contributed by atoms with E-state index in [0.717, 1.165) is 19.5 Å². The van der Waals surface area contributed by atoms with Crippen LogP contribution in [-0.2, 0) is 17.9 Å². The third-order valence-corrected chi connectivity index (χ3v) is 3.63. The summed E-state index contributed by atoms with van der Waals surface area (Å²) < 4.78 is 1.43. The number of aliphatic carboxylic acids is 1. The van der Waals surface area contributed by atoms with E-state index in [2.05, 4.69) is 11.8 Å². The first-order valence-electron chi connectivity index (χ1n) is 6.82. The first kappa shape index (κ1) is 14.6. The smallest absolute Gasteiger partial charge is 0.323 e. The highest BCUT2D eigenvalue weighted by Crippen LogP contribution is 2.18. The summed E-state index contributed by atoms with van der Waals surface area (Å²) >= 11 is 0. The summed E-state index contributed by atoms with van der Waals surface area (Å²) in [6.07, 6.45) is 3.52. The van der Waals surface area contributed by atoms with E-state index in [4.69, 9.17) is 5.11 Å². The molecule has 110 valence electrons. The van der Waals surface area contributed by atoms with Crippen molar-refractivity contribution in [1.82, 2.24) is 9.47 Å². The Morgan fingerprint density at radius 2 is 2.25 bits per heavy atom. The normalized spacial score (nSPS) is 19.9. The maximum atomic E-state index is 11.6. The minimum atomic E-state index is -0.999. The van der Waals surface area contributed by atoms with Gasteiger partial charge in [0.2, 0.25) is 5.43 Å². The van der Waals surface area contributed by atoms with Crippen LogP contribution in [0.25, 0.3) is 0 Å². The first-order chi connectivity index (χ1) is 9.45. The van der Waals surface area contributed by atoms with Gasteiger partial charge < -0.3 is 14.8 Å². The molecule has 1 saturated heterocycles. The van der Waals surface area contributed by atoms with Gasteiger partial charge in [-0.1, -0.05) is 6.92 Å². The monoisotopic (exact) mass is 280 g/mol. The van der Waals surface area contributed by atoms with Gasteiger partial charge >= 0.3 is 5.97 Å². The topological polar surface area (TPSA) is 82.8 Å². The Hall–Kier alpha value is -1.82. The maximum absolute atomic E-state index is 11.6. The van der Waals surface area contributed by atoms with Crippen LogP contribution in [0, 0.1) is 5.92 Å². The molecule has 2 rings (SSSR count). The van der Waals surface area contributed by atoms with Gasteiger partial charge in [-0.2, -0.15) is 0 Å². The van der Waals surface area contributed by atoms with E-state index in [-0.39, 0.29) is 6.54 Å². The molecule has 0 bridgehead atoms. The van der Waals surface area contributed by atoms with Gasteiger partial charge in [0.05, 0.1) is 6.20 Å². The molecule has 1 fully saturated rings. The van der Waals surface area contributed by atoms with E-state index in [1.165, 1.54) is 23.3 Å². The van der Waals surface area contributed by atoms with Gasteiger partial charge in [-0.3, -0.25) is 14.5 Å². The van der Waals surface area contributed by atoms with E-state index in [0.29, 0.717) is 18.2 Å². The molecule has 0 radical (unpaired) electrons. The lowest BCUT2D eigenvalue weighted by molar-refractivity contribution is -0.137. The second kappa shape index (κ2) is 6.09. The van der Waals surface area contributed by atoms with Crippen LogP contribution in [0.4, 0.5) is 0 Å². The van der Waals surface area contributed by atoms with E-state index in [1.807, 2.05) is 0 Å². The number of hydrogen-bond donors (Lipinski definition) is 2. The SMILES string of the molecule is CC1CCCN(Cc2cc(=O)c(O)cn2CC(=O)O)C1. The minimum Gasteiger partial charge on any atom is -0.503 e. The van der Waals surface area contributed by atoms with Gasteiger partial charge in [0.1, 0.15) is 6.54 Å². The maximum Gasteiger partial charge on any atom is 0.323 e. The van der Waals surface area contributed by atoms with E-state index in [1.54, 1.807) is 0 Å². The van der Waals surface area contributed by atoms with Crippen LogP contribution in [0.2, 0.25) is 0 Å². The average molecular weight is 280 g/mol. The van der Waals surface area contributed by atoms with Gasteiger partial charge in [-0.05, 0) is 25.3 Å². The van der Waals surface area contributed by atoms with E-state index >= 15 is 0 Å². The highest BCUT2D eigenvalue weighted by molar-refractivity contribution is 5.66. The largest absolute Gasteiger partial charge is 0.503 e. The lowest BCUT2D eigenvalue weighted by Crippen LogP contribution is -2.35.